The summed E-state index contributed by atoms with van der Waals surface area (Å²) in [4.78, 5) is 10.4. The fourth-order valence-electron chi connectivity index (χ4n) is 3.34. The first kappa shape index (κ1) is 25.2. The predicted octanol–water partition coefficient (Wildman–Crippen LogP) is 3.74. The van der Waals surface area contributed by atoms with Gasteiger partial charge in [-0.25, -0.2) is 4.98 Å². The van der Waals surface area contributed by atoms with Crippen LogP contribution in [-0.2, 0) is 6.54 Å². The molecule has 7 nitrogen and oxygen atoms in total. The van der Waals surface area contributed by atoms with Gasteiger partial charge in [0.05, 0.1) is 12.3 Å². The van der Waals surface area contributed by atoms with Gasteiger partial charge >= 0.3 is 6.18 Å². The molecule has 0 radical (unpaired) electrons. The Morgan fingerprint density at radius 2 is 2.06 bits per heavy atom. The molecule has 0 saturated carbocycles. The van der Waals surface area contributed by atoms with E-state index in [4.69, 9.17) is 9.15 Å². The van der Waals surface area contributed by atoms with E-state index in [2.05, 4.69) is 25.5 Å². The van der Waals surface area contributed by atoms with Gasteiger partial charge in [0.2, 0.25) is 5.88 Å². The number of guanidine groups is 1. The number of alkyl halides is 3. The summed E-state index contributed by atoms with van der Waals surface area (Å²) >= 11 is 0. The molecule has 1 unspecified atom stereocenters. The average Bonchev–Trinajstić information content (AvgIpc) is 3.43. The van der Waals surface area contributed by atoms with Crippen LogP contribution in [0.5, 0.6) is 5.88 Å². The van der Waals surface area contributed by atoms with E-state index < -0.39 is 12.8 Å². The molecule has 11 heteroatoms. The van der Waals surface area contributed by atoms with Gasteiger partial charge in [-0.3, -0.25) is 9.89 Å². The van der Waals surface area contributed by atoms with Crippen LogP contribution in [0.2, 0.25) is 0 Å². The molecule has 0 aliphatic carbocycles. The van der Waals surface area contributed by atoms with E-state index in [1.807, 2.05) is 12.1 Å². The fourth-order valence-corrected chi connectivity index (χ4v) is 3.34. The normalized spacial score (nSPS) is 15.9. The smallest absolute Gasteiger partial charge is 0.422 e. The summed E-state index contributed by atoms with van der Waals surface area (Å²) in [6, 6.07) is 7.14. The number of furan rings is 1. The van der Waals surface area contributed by atoms with Crippen molar-refractivity contribution in [3.63, 3.8) is 0 Å². The van der Waals surface area contributed by atoms with Crippen molar-refractivity contribution in [1.29, 1.82) is 0 Å². The van der Waals surface area contributed by atoms with Crippen LogP contribution in [0.4, 0.5) is 13.2 Å². The van der Waals surface area contributed by atoms with E-state index in [9.17, 15) is 13.2 Å². The van der Waals surface area contributed by atoms with E-state index in [0.29, 0.717) is 19.0 Å². The number of pyridine rings is 1. The van der Waals surface area contributed by atoms with Crippen molar-refractivity contribution in [2.45, 2.75) is 31.6 Å². The SMILES string of the molecule is CN=C(NCc1ccnc(OCC(F)(F)F)c1)NCC(c1ccco1)N1CCCC1.I. The molecule has 2 N–H and O–H groups in total. The minimum absolute atomic E-state index is 0. The summed E-state index contributed by atoms with van der Waals surface area (Å²) < 4.78 is 47.2. The maximum Gasteiger partial charge on any atom is 0.422 e. The van der Waals surface area contributed by atoms with Crippen LogP contribution < -0.4 is 15.4 Å². The highest BCUT2D eigenvalue weighted by Crippen LogP contribution is 2.24. The summed E-state index contributed by atoms with van der Waals surface area (Å²) in [6.07, 6.45) is 1.03. The summed E-state index contributed by atoms with van der Waals surface area (Å²) in [5.74, 6) is 1.42. The summed E-state index contributed by atoms with van der Waals surface area (Å²) in [6.45, 7) is 1.65. The zero-order valence-electron chi connectivity index (χ0n) is 17.2. The first-order valence-electron chi connectivity index (χ1n) is 9.81. The molecule has 2 aromatic rings. The molecule has 3 heterocycles. The number of nitrogens with one attached hydrogen (secondary N) is 2. The van der Waals surface area contributed by atoms with Crippen molar-refractivity contribution in [2.75, 3.05) is 33.3 Å². The molecule has 0 bridgehead atoms. The molecule has 2 aromatic heterocycles. The Morgan fingerprint density at radius 3 is 2.71 bits per heavy atom. The van der Waals surface area contributed by atoms with Crippen molar-refractivity contribution < 1.29 is 22.3 Å². The molecule has 3 rings (SSSR count). The Kier molecular flexibility index (Phi) is 9.88. The van der Waals surface area contributed by atoms with Gasteiger partial charge in [-0.05, 0) is 49.7 Å². The van der Waals surface area contributed by atoms with Crippen LogP contribution in [0.15, 0.2) is 46.1 Å². The average molecular weight is 553 g/mol. The van der Waals surface area contributed by atoms with Crippen LogP contribution in [0, 0.1) is 0 Å². The number of halogens is 4. The topological polar surface area (TPSA) is 74.9 Å². The minimum atomic E-state index is -4.40. The van der Waals surface area contributed by atoms with Crippen LogP contribution in [0.3, 0.4) is 0 Å². The van der Waals surface area contributed by atoms with Crippen LogP contribution in [0.25, 0.3) is 0 Å². The first-order chi connectivity index (χ1) is 14.4. The van der Waals surface area contributed by atoms with Gasteiger partial charge in [-0.1, -0.05) is 0 Å². The van der Waals surface area contributed by atoms with Crippen molar-refractivity contribution in [3.05, 3.63) is 48.0 Å². The Labute approximate surface area is 196 Å². The Balaban J connectivity index is 0.00000341. The second kappa shape index (κ2) is 12.1. The van der Waals surface area contributed by atoms with Crippen molar-refractivity contribution in [3.8, 4) is 5.88 Å². The lowest BCUT2D eigenvalue weighted by Crippen LogP contribution is -2.42. The number of aliphatic imine (C=N–C) groups is 1. The third-order valence-electron chi connectivity index (χ3n) is 4.78. The third kappa shape index (κ3) is 8.20. The number of likely N-dealkylation sites (tertiary alicyclic amines) is 1. The van der Waals surface area contributed by atoms with E-state index in [1.54, 1.807) is 19.4 Å². The summed E-state index contributed by atoms with van der Waals surface area (Å²) in [7, 11) is 1.66. The summed E-state index contributed by atoms with van der Waals surface area (Å²) in [5, 5.41) is 6.47. The molecule has 172 valence electrons. The highest BCUT2D eigenvalue weighted by atomic mass is 127. The largest absolute Gasteiger partial charge is 0.468 e. The van der Waals surface area contributed by atoms with Gasteiger partial charge in [-0.2, -0.15) is 13.2 Å². The summed E-state index contributed by atoms with van der Waals surface area (Å²) in [5.41, 5.74) is 0.729. The lowest BCUT2D eigenvalue weighted by atomic mass is 10.2. The number of hydrogen-bond acceptors (Lipinski definition) is 5. The zero-order chi connectivity index (χ0) is 21.4. The minimum Gasteiger partial charge on any atom is -0.468 e. The lowest BCUT2D eigenvalue weighted by molar-refractivity contribution is -0.154. The standard InChI is InChI=1S/C20H26F3N5O2.HI/c1-24-19(26-12-15-6-7-25-18(11-15)30-14-20(21,22)23)27-13-16(17-5-4-10-29-17)28-8-2-3-9-28;/h4-7,10-11,16H,2-3,8-9,12-14H2,1H3,(H2,24,26,27);1H. The monoisotopic (exact) mass is 553 g/mol. The highest BCUT2D eigenvalue weighted by Gasteiger charge is 2.28. The van der Waals surface area contributed by atoms with Gasteiger partial charge in [-0.15, -0.1) is 24.0 Å². The highest BCUT2D eigenvalue weighted by molar-refractivity contribution is 14.0. The Hall–Kier alpha value is -2.02. The fraction of sp³-hybridized carbons (Fsp3) is 0.500. The molecule has 1 atom stereocenters. The number of rotatable bonds is 8. The van der Waals surface area contributed by atoms with E-state index in [1.165, 1.54) is 25.1 Å². The molecule has 1 aliphatic heterocycles. The predicted molar refractivity (Wildman–Crippen MR) is 122 cm³/mol. The van der Waals surface area contributed by atoms with Crippen LogP contribution in [0.1, 0.15) is 30.2 Å². The molecule has 0 amide bonds. The molecule has 0 spiro atoms. The zero-order valence-corrected chi connectivity index (χ0v) is 19.5. The van der Waals surface area contributed by atoms with Gasteiger partial charge < -0.3 is 19.8 Å². The van der Waals surface area contributed by atoms with Crippen LogP contribution >= 0.6 is 24.0 Å². The van der Waals surface area contributed by atoms with Gasteiger partial charge in [0.1, 0.15) is 5.76 Å². The first-order valence-corrected chi connectivity index (χ1v) is 9.81. The van der Waals surface area contributed by atoms with Crippen molar-refractivity contribution in [1.82, 2.24) is 20.5 Å². The van der Waals surface area contributed by atoms with Crippen LogP contribution in [-0.4, -0.2) is 55.3 Å². The quantitative estimate of drug-likeness (QED) is 0.295. The lowest BCUT2D eigenvalue weighted by Gasteiger charge is -2.26. The molecule has 1 fully saturated rings. The maximum atomic E-state index is 12.3. The number of hydrogen-bond donors (Lipinski definition) is 2. The molecular weight excluding hydrogens is 526 g/mol. The number of ether oxygens (including phenoxy) is 1. The van der Waals surface area contributed by atoms with Crippen molar-refractivity contribution >= 4 is 29.9 Å². The molecular formula is C20H27F3IN5O2. The molecule has 1 saturated heterocycles. The second-order valence-corrected chi connectivity index (χ2v) is 6.99. The number of aromatic nitrogens is 1. The van der Waals surface area contributed by atoms with Gasteiger partial charge in [0, 0.05) is 32.4 Å². The second-order valence-electron chi connectivity index (χ2n) is 6.99. The molecule has 1 aliphatic rings. The van der Waals surface area contributed by atoms with E-state index in [0.717, 1.165) is 24.4 Å². The number of nitrogens with zero attached hydrogens (tertiary/aromatic N) is 3. The third-order valence-corrected chi connectivity index (χ3v) is 4.78. The van der Waals surface area contributed by atoms with Gasteiger partial charge in [0.15, 0.2) is 12.6 Å². The Morgan fingerprint density at radius 1 is 1.29 bits per heavy atom. The maximum absolute atomic E-state index is 12.3. The van der Waals surface area contributed by atoms with E-state index in [-0.39, 0.29) is 35.9 Å². The van der Waals surface area contributed by atoms with Gasteiger partial charge in [0.25, 0.3) is 0 Å². The van der Waals surface area contributed by atoms with E-state index >= 15 is 0 Å². The van der Waals surface area contributed by atoms with Crippen molar-refractivity contribution in [2.24, 2.45) is 4.99 Å². The molecule has 31 heavy (non-hydrogen) atoms. The molecule has 0 aromatic carbocycles. The Bertz CT molecular complexity index is 811.